The Balaban J connectivity index is 0.000000484. The van der Waals surface area contributed by atoms with E-state index in [4.69, 9.17) is 5.73 Å². The number of nitrogens with one attached hydrogen (secondary N) is 1. The van der Waals surface area contributed by atoms with Crippen molar-refractivity contribution in [3.63, 3.8) is 0 Å². The summed E-state index contributed by atoms with van der Waals surface area (Å²) in [7, 11) is 0.271. The van der Waals surface area contributed by atoms with Gasteiger partial charge in [0.05, 0.1) is 5.91 Å². The van der Waals surface area contributed by atoms with E-state index in [0.717, 1.165) is 12.3 Å². The number of halogens is 2. The molecule has 1 N–H and O–H groups in total. The predicted octanol–water partition coefficient (Wildman–Crippen LogP) is -0.280. The first kappa shape index (κ1) is 33.9. The van der Waals surface area contributed by atoms with Gasteiger partial charge in [-0.15, -0.1) is 0 Å². The average Bonchev–Trinajstić information content (AvgIpc) is 3.49. The van der Waals surface area contributed by atoms with Crippen molar-refractivity contribution in [3.8, 4) is 0 Å². The van der Waals surface area contributed by atoms with E-state index in [1.807, 2.05) is 0 Å². The van der Waals surface area contributed by atoms with Crippen molar-refractivity contribution < 1.29 is 55.5 Å². The van der Waals surface area contributed by atoms with Crippen molar-refractivity contribution in [1.82, 2.24) is 0 Å². The van der Waals surface area contributed by atoms with E-state index in [-0.39, 0.29) is 72.0 Å². The van der Waals surface area contributed by atoms with E-state index in [1.165, 1.54) is 51.9 Å². The van der Waals surface area contributed by atoms with Gasteiger partial charge in [-0.3, -0.25) is 0 Å². The number of rotatable bonds is 3. The van der Waals surface area contributed by atoms with Crippen LogP contribution in [-0.2, 0) is 30.6 Å². The van der Waals surface area contributed by atoms with Crippen LogP contribution in [0.15, 0.2) is 66.7 Å². The number of hydrogen-bond acceptors (Lipinski definition) is 1. The topological polar surface area (TPSA) is 40.9 Å². The number of hydrogen-bond donors (Lipinski definition) is 0. The number of fused-ring (bicyclic) bond motifs is 2. The quantitative estimate of drug-likeness (QED) is 0.276. The van der Waals surface area contributed by atoms with Gasteiger partial charge in [-0.1, -0.05) is 105 Å². The molecule has 2 nitrogen and oxygen atoms in total. The molecule has 0 saturated heterocycles. The normalized spacial score (nSPS) is 18.9. The number of amides is 1. The molecular weight excluding hydrogens is 656 g/mol. The predicted molar refractivity (Wildman–Crippen MR) is 139 cm³/mol. The van der Waals surface area contributed by atoms with Gasteiger partial charge in [-0.05, 0) is 31.1 Å². The molecular formula is C29H36Cl2HfNOSi. The van der Waals surface area contributed by atoms with Crippen LogP contribution in [0.5, 0.6) is 0 Å². The maximum absolute atomic E-state index is 10.7. The largest absolute Gasteiger partial charge is 4.00 e. The Hall–Kier alpha value is -1.07. The first-order chi connectivity index (χ1) is 15.3. The molecule has 2 fully saturated rings. The van der Waals surface area contributed by atoms with E-state index in [9.17, 15) is 4.79 Å². The van der Waals surface area contributed by atoms with Crippen molar-refractivity contribution in [3.05, 3.63) is 94.7 Å². The van der Waals surface area contributed by atoms with Crippen LogP contribution in [0.3, 0.4) is 0 Å². The van der Waals surface area contributed by atoms with E-state index in [2.05, 4.69) is 94.4 Å². The fraction of sp³-hybridized carbons (Fsp3) is 0.379. The van der Waals surface area contributed by atoms with Gasteiger partial charge in [-0.2, -0.15) is 28.3 Å². The van der Waals surface area contributed by atoms with E-state index in [0.29, 0.717) is 5.92 Å². The first-order valence-corrected chi connectivity index (χ1v) is 12.9. The van der Waals surface area contributed by atoms with E-state index >= 15 is 0 Å². The van der Waals surface area contributed by atoms with Gasteiger partial charge in [-0.25, -0.2) is 0 Å². The minimum Gasteiger partial charge on any atom is -1.00 e. The van der Waals surface area contributed by atoms with Gasteiger partial charge >= 0.3 is 25.8 Å². The molecule has 3 unspecified atom stereocenters. The van der Waals surface area contributed by atoms with Crippen molar-refractivity contribution in [2.75, 3.05) is 0 Å². The molecule has 35 heavy (non-hydrogen) atoms. The summed E-state index contributed by atoms with van der Waals surface area (Å²) in [6.07, 6.45) is 4.77. The molecule has 3 aromatic rings. The van der Waals surface area contributed by atoms with Gasteiger partial charge in [0, 0.05) is 5.92 Å². The van der Waals surface area contributed by atoms with Crippen LogP contribution in [0.25, 0.3) is 5.73 Å². The molecule has 2 aliphatic carbocycles. The van der Waals surface area contributed by atoms with Crippen molar-refractivity contribution in [1.29, 1.82) is 0 Å². The summed E-state index contributed by atoms with van der Waals surface area (Å²) in [6.45, 7) is 8.68. The third-order valence-corrected chi connectivity index (χ3v) is 8.62. The zero-order valence-corrected chi connectivity index (χ0v) is 27.4. The smallest absolute Gasteiger partial charge is 1.00 e. The van der Waals surface area contributed by atoms with Crippen LogP contribution in [0, 0.1) is 45.4 Å². The minimum absolute atomic E-state index is 0. The van der Waals surface area contributed by atoms with Gasteiger partial charge in [0.1, 0.15) is 9.52 Å². The maximum Gasteiger partial charge on any atom is 4.00 e. The molecule has 0 spiro atoms. The van der Waals surface area contributed by atoms with Crippen LogP contribution >= 0.6 is 0 Å². The first-order valence-electron chi connectivity index (χ1n) is 11.8. The molecule has 2 saturated carbocycles. The van der Waals surface area contributed by atoms with Crippen LogP contribution in [0.1, 0.15) is 47.9 Å². The monoisotopic (exact) mass is 692 g/mol. The van der Waals surface area contributed by atoms with Gasteiger partial charge in [0.15, 0.2) is 0 Å². The molecule has 1 amide bonds. The maximum atomic E-state index is 10.7. The third kappa shape index (κ3) is 10.1. The van der Waals surface area contributed by atoms with Crippen molar-refractivity contribution >= 4 is 25.8 Å². The molecule has 6 heteroatoms. The zero-order valence-electron chi connectivity index (χ0n) is 21.2. The zero-order chi connectivity index (χ0) is 23.1. The van der Waals surface area contributed by atoms with Crippen molar-refractivity contribution in [2.24, 2.45) is 17.8 Å². The fourth-order valence-corrected chi connectivity index (χ4v) is 6.20. The summed E-state index contributed by atoms with van der Waals surface area (Å²) in [6, 6.07) is 23.6. The molecule has 0 aliphatic heterocycles. The Morgan fingerprint density at radius 2 is 1.40 bits per heavy atom. The Labute approximate surface area is 245 Å². The molecule has 3 atom stereocenters. The summed E-state index contributed by atoms with van der Waals surface area (Å²) in [5, 5.41) is 2.90. The number of carbonyl (C=O) groups excluding carboxylic acids is 1. The minimum atomic E-state index is -0.313. The number of carbonyl (C=O) groups is 1. The van der Waals surface area contributed by atoms with Crippen LogP contribution in [-0.4, -0.2) is 15.4 Å². The molecule has 0 aromatic heterocycles. The standard InChI is InChI=1S/C12H11Si.C9H13.C8H13NO.2ClH.Hf/c1-3-7-11(8-4-1)13-12-9-5-2-6-10-12;1-6-5-7(2)9(4)8(6)3;9-8(10)7-4-5-1-2-6(7)3-5;;;/h1-10,13H;5H,1-4H3;5-7H,1-4H2,(H2,9,10);2*1H;/q;-1;;;;+4/p-3. The molecule has 2 aliphatic rings. The molecule has 1 radical (unpaired) electrons. The molecule has 2 bridgehead atoms. The van der Waals surface area contributed by atoms with Crippen LogP contribution in [0.2, 0.25) is 0 Å². The summed E-state index contributed by atoms with van der Waals surface area (Å²) >= 11 is 0. The SMILES string of the molecule is Cc1c[c-](C)c(C)c1C.[Cl-].[Cl-].[Hf+4].[NH-]C(=O)C1CC2CCC1C2.c1ccc([SiH]c2ccccc2)cc1. The average molecular weight is 692 g/mol. The molecule has 0 heterocycles. The van der Waals surface area contributed by atoms with Crippen LogP contribution in [0.4, 0.5) is 0 Å². The van der Waals surface area contributed by atoms with Gasteiger partial charge in [0.2, 0.25) is 0 Å². The Kier molecular flexibility index (Phi) is 16.1. The molecule has 185 valence electrons. The second-order valence-electron chi connectivity index (χ2n) is 9.37. The fourth-order valence-electron chi connectivity index (χ4n) is 4.99. The van der Waals surface area contributed by atoms with Gasteiger partial charge in [0.25, 0.3) is 0 Å². The second kappa shape index (κ2) is 16.6. The summed E-state index contributed by atoms with van der Waals surface area (Å²) in [4.78, 5) is 10.7. The summed E-state index contributed by atoms with van der Waals surface area (Å²) < 4.78 is 0. The Morgan fingerprint density at radius 1 is 0.886 bits per heavy atom. The van der Waals surface area contributed by atoms with E-state index in [1.54, 1.807) is 0 Å². The van der Waals surface area contributed by atoms with E-state index < -0.39 is 0 Å². The Bertz CT molecular complexity index is 950. The summed E-state index contributed by atoms with van der Waals surface area (Å²) in [5.74, 6) is 1.20. The number of benzene rings is 2. The second-order valence-corrected chi connectivity index (χ2v) is 11.0. The summed E-state index contributed by atoms with van der Waals surface area (Å²) in [5.41, 5.74) is 12.7. The number of aryl methyl sites for hydroxylation is 2. The molecule has 5 rings (SSSR count). The third-order valence-electron chi connectivity index (χ3n) is 7.19. The van der Waals surface area contributed by atoms with Crippen molar-refractivity contribution in [2.45, 2.75) is 53.4 Å². The Morgan fingerprint density at radius 3 is 1.66 bits per heavy atom. The van der Waals surface area contributed by atoms with Gasteiger partial charge < -0.3 is 35.3 Å². The molecule has 3 aromatic carbocycles. The van der Waals surface area contributed by atoms with Crippen LogP contribution < -0.4 is 35.2 Å².